The van der Waals surface area contributed by atoms with E-state index in [9.17, 15) is 0 Å². The highest BCUT2D eigenvalue weighted by atomic mass is 16.3. The Labute approximate surface area is 42.2 Å². The molecule has 0 bridgehead atoms. The second-order valence-electron chi connectivity index (χ2n) is 1.34. The molecule has 0 aliphatic carbocycles. The number of phenols is 1. The first-order valence-corrected chi connectivity index (χ1v) is 2.13. The predicted molar refractivity (Wildman–Crippen MR) is 28.1 cm³/mol. The molecule has 0 heterocycles. The van der Waals surface area contributed by atoms with E-state index in [1.165, 1.54) is 0 Å². The highest BCUT2D eigenvalue weighted by Crippen LogP contribution is 2.02. The lowest BCUT2D eigenvalue weighted by atomic mass is 10.4. The van der Waals surface area contributed by atoms with Crippen molar-refractivity contribution in [3.8, 4) is 5.75 Å². The van der Waals surface area contributed by atoms with Crippen molar-refractivity contribution >= 4 is 0 Å². The van der Waals surface area contributed by atoms with Gasteiger partial charge in [0, 0.05) is 0 Å². The molecule has 0 aliphatic heterocycles. The van der Waals surface area contributed by atoms with E-state index in [2.05, 4.69) is 0 Å². The van der Waals surface area contributed by atoms with Crippen molar-refractivity contribution in [1.29, 1.82) is 0 Å². The molecule has 0 atom stereocenters. The molecule has 1 nitrogen and oxygen atoms in total. The maximum absolute atomic E-state index is 8.63. The van der Waals surface area contributed by atoms with E-state index in [4.69, 9.17) is 5.11 Å². The average molecular weight is 95.1 g/mol. The summed E-state index contributed by atoms with van der Waals surface area (Å²) >= 11 is 0. The zero-order valence-corrected chi connectivity index (χ0v) is 3.83. The Morgan fingerprint density at radius 3 is 1.86 bits per heavy atom. The SMILES string of the molecule is Oc1cc[13cH]cc1. The van der Waals surface area contributed by atoms with Gasteiger partial charge >= 0.3 is 0 Å². The number of hydrogen-bond acceptors (Lipinski definition) is 1. The third kappa shape index (κ3) is 0.929. The molecular formula is C6H6O. The van der Waals surface area contributed by atoms with Crippen LogP contribution in [0.2, 0.25) is 0 Å². The van der Waals surface area contributed by atoms with Gasteiger partial charge in [-0.15, -0.1) is 0 Å². The predicted octanol–water partition coefficient (Wildman–Crippen LogP) is 1.39. The van der Waals surface area contributed by atoms with Crippen molar-refractivity contribution in [1.82, 2.24) is 0 Å². The van der Waals surface area contributed by atoms with Gasteiger partial charge in [0.1, 0.15) is 5.75 Å². The lowest BCUT2D eigenvalue weighted by molar-refractivity contribution is 0.475. The van der Waals surface area contributed by atoms with Gasteiger partial charge < -0.3 is 5.11 Å². The zero-order chi connectivity index (χ0) is 5.11. The number of rotatable bonds is 0. The van der Waals surface area contributed by atoms with Crippen LogP contribution in [0.3, 0.4) is 0 Å². The molecule has 36 valence electrons. The number of aromatic hydroxyl groups is 1. The van der Waals surface area contributed by atoms with Gasteiger partial charge in [0.15, 0.2) is 0 Å². The average Bonchev–Trinajstić information content (AvgIpc) is 1.69. The molecule has 1 heteroatoms. The van der Waals surface area contributed by atoms with Crippen molar-refractivity contribution in [3.05, 3.63) is 30.3 Å². The van der Waals surface area contributed by atoms with Gasteiger partial charge in [-0.05, 0) is 12.1 Å². The van der Waals surface area contributed by atoms with Crippen LogP contribution >= 0.6 is 0 Å². The first-order chi connectivity index (χ1) is 3.39. The van der Waals surface area contributed by atoms with Gasteiger partial charge in [-0.1, -0.05) is 18.2 Å². The molecule has 1 rings (SSSR count). The number of hydrogen-bond donors (Lipinski definition) is 1. The Morgan fingerprint density at radius 2 is 1.57 bits per heavy atom. The van der Waals surface area contributed by atoms with Crippen LogP contribution < -0.4 is 0 Å². The third-order valence-electron chi connectivity index (χ3n) is 0.756. The number of phenolic OH excluding ortho intramolecular Hbond substituents is 1. The highest BCUT2D eigenvalue weighted by Gasteiger charge is 1.74. The standard InChI is InChI=1S/C6H6O/c7-6-4-2-1-3-5-6/h1-5,7H/i1+1. The largest absolute Gasteiger partial charge is 0.508 e. The minimum Gasteiger partial charge on any atom is -0.508 e. The molecule has 0 saturated heterocycles. The van der Waals surface area contributed by atoms with E-state index < -0.39 is 0 Å². The summed E-state index contributed by atoms with van der Waals surface area (Å²) in [5, 5.41) is 8.63. The first-order valence-electron chi connectivity index (χ1n) is 2.13. The highest BCUT2D eigenvalue weighted by molar-refractivity contribution is 5.18. The molecule has 0 amide bonds. The van der Waals surface area contributed by atoms with Crippen LogP contribution in [0, 0.1) is 0 Å². The second-order valence-corrected chi connectivity index (χ2v) is 1.34. The molecule has 1 aromatic rings. The first kappa shape index (κ1) is 4.19. The summed E-state index contributed by atoms with van der Waals surface area (Å²) in [5.74, 6) is 0.322. The van der Waals surface area contributed by atoms with Gasteiger partial charge in [0.2, 0.25) is 0 Å². The maximum atomic E-state index is 8.63. The Kier molecular flexibility index (Phi) is 0.984. The Balaban J connectivity index is 3.02. The van der Waals surface area contributed by atoms with E-state index in [-0.39, 0.29) is 0 Å². The summed E-state index contributed by atoms with van der Waals surface area (Å²) < 4.78 is 0. The summed E-state index contributed by atoms with van der Waals surface area (Å²) in [4.78, 5) is 0. The van der Waals surface area contributed by atoms with Crippen LogP contribution in [0.15, 0.2) is 30.3 Å². The molecule has 1 N–H and O–H groups in total. The van der Waals surface area contributed by atoms with E-state index in [0.717, 1.165) is 0 Å². The molecule has 7 heavy (non-hydrogen) atoms. The fraction of sp³-hybridized carbons (Fsp3) is 0. The summed E-state index contributed by atoms with van der Waals surface area (Å²) in [7, 11) is 0. The molecule has 0 radical (unpaired) electrons. The fourth-order valence-electron chi connectivity index (χ4n) is 0.428. The quantitative estimate of drug-likeness (QED) is 0.516. The Bertz CT molecular complexity index is 134. The summed E-state index contributed by atoms with van der Waals surface area (Å²) in [6.45, 7) is 0. The maximum Gasteiger partial charge on any atom is 0.115 e. The van der Waals surface area contributed by atoms with Crippen LogP contribution in [0.4, 0.5) is 0 Å². The van der Waals surface area contributed by atoms with Gasteiger partial charge in [0.05, 0.1) is 0 Å². The van der Waals surface area contributed by atoms with E-state index in [1.807, 2.05) is 6.07 Å². The summed E-state index contributed by atoms with van der Waals surface area (Å²) in [6, 6.07) is 8.71. The van der Waals surface area contributed by atoms with Crippen molar-refractivity contribution in [3.63, 3.8) is 0 Å². The van der Waals surface area contributed by atoms with Gasteiger partial charge in [-0.2, -0.15) is 0 Å². The lowest BCUT2D eigenvalue weighted by Crippen LogP contribution is -1.56. The molecule has 0 fully saturated rings. The molecule has 0 unspecified atom stereocenters. The van der Waals surface area contributed by atoms with Crippen molar-refractivity contribution in [2.45, 2.75) is 0 Å². The van der Waals surface area contributed by atoms with Crippen LogP contribution in [-0.2, 0) is 0 Å². The number of para-hydroxylation sites is 1. The molecule has 0 aliphatic rings. The van der Waals surface area contributed by atoms with Gasteiger partial charge in [-0.3, -0.25) is 0 Å². The Morgan fingerprint density at radius 1 is 1.00 bits per heavy atom. The minimum absolute atomic E-state index is 0.322. The van der Waals surface area contributed by atoms with Crippen LogP contribution in [-0.4, -0.2) is 5.11 Å². The molecular weight excluding hydrogens is 89.1 g/mol. The third-order valence-corrected chi connectivity index (χ3v) is 0.756. The molecule has 0 saturated carbocycles. The summed E-state index contributed by atoms with van der Waals surface area (Å²) in [6.07, 6.45) is 0. The normalized spacial score (nSPS) is 8.57. The van der Waals surface area contributed by atoms with Crippen LogP contribution in [0.5, 0.6) is 5.75 Å². The summed E-state index contributed by atoms with van der Waals surface area (Å²) in [5.41, 5.74) is 0. The zero-order valence-electron chi connectivity index (χ0n) is 3.83. The molecule has 0 spiro atoms. The fourth-order valence-corrected chi connectivity index (χ4v) is 0.428. The molecule has 1 aromatic carbocycles. The van der Waals surface area contributed by atoms with Crippen LogP contribution in [0.25, 0.3) is 0 Å². The smallest absolute Gasteiger partial charge is 0.115 e. The van der Waals surface area contributed by atoms with E-state index in [0.29, 0.717) is 5.75 Å². The lowest BCUT2D eigenvalue weighted by Gasteiger charge is -1.82. The van der Waals surface area contributed by atoms with Gasteiger partial charge in [0.25, 0.3) is 0 Å². The van der Waals surface area contributed by atoms with Crippen molar-refractivity contribution in [2.75, 3.05) is 0 Å². The number of benzene rings is 1. The van der Waals surface area contributed by atoms with E-state index in [1.54, 1.807) is 24.3 Å². The van der Waals surface area contributed by atoms with Crippen molar-refractivity contribution in [2.24, 2.45) is 0 Å². The minimum atomic E-state index is 0.322. The topological polar surface area (TPSA) is 20.2 Å². The second kappa shape index (κ2) is 1.65. The van der Waals surface area contributed by atoms with Crippen molar-refractivity contribution < 1.29 is 5.11 Å². The van der Waals surface area contributed by atoms with E-state index >= 15 is 0 Å². The van der Waals surface area contributed by atoms with Crippen LogP contribution in [0.1, 0.15) is 0 Å². The van der Waals surface area contributed by atoms with Gasteiger partial charge in [-0.25, -0.2) is 0 Å². The Hall–Kier alpha value is -0.980. The molecule has 0 aromatic heterocycles. The monoisotopic (exact) mass is 95.0 g/mol.